The van der Waals surface area contributed by atoms with Gasteiger partial charge in [-0.25, -0.2) is 13.4 Å². The van der Waals surface area contributed by atoms with Crippen LogP contribution in [0.4, 0.5) is 0 Å². The van der Waals surface area contributed by atoms with Gasteiger partial charge in [-0.2, -0.15) is 9.57 Å². The summed E-state index contributed by atoms with van der Waals surface area (Å²) >= 11 is 0. The summed E-state index contributed by atoms with van der Waals surface area (Å²) in [5.41, 5.74) is 0.819. The van der Waals surface area contributed by atoms with Gasteiger partial charge in [-0.3, -0.25) is 0 Å². The molecule has 3 rings (SSSR count). The zero-order valence-corrected chi connectivity index (χ0v) is 13.8. The number of benzene rings is 1. The van der Waals surface area contributed by atoms with Crippen LogP contribution in [0.5, 0.6) is 0 Å². The molecule has 1 aliphatic rings. The van der Waals surface area contributed by atoms with E-state index in [1.165, 1.54) is 16.4 Å². The SMILES string of the molecule is CC(C)c1nc2c(o1)CCN(S(=O)(=O)c1ccccc1C#N)C2. The highest BCUT2D eigenvalue weighted by Gasteiger charge is 2.32. The average molecular weight is 331 g/mol. The molecule has 0 saturated heterocycles. The summed E-state index contributed by atoms with van der Waals surface area (Å²) in [6.45, 7) is 4.46. The second-order valence-corrected chi connectivity index (χ2v) is 7.68. The molecule has 23 heavy (non-hydrogen) atoms. The van der Waals surface area contributed by atoms with Crippen molar-refractivity contribution >= 4 is 10.0 Å². The van der Waals surface area contributed by atoms with Gasteiger partial charge in [-0.05, 0) is 12.1 Å². The Morgan fingerprint density at radius 3 is 2.78 bits per heavy atom. The minimum atomic E-state index is -3.73. The zero-order valence-electron chi connectivity index (χ0n) is 13.0. The van der Waals surface area contributed by atoms with Crippen LogP contribution in [0.25, 0.3) is 0 Å². The number of oxazole rings is 1. The average Bonchev–Trinajstić information content (AvgIpc) is 2.98. The number of rotatable bonds is 3. The highest BCUT2D eigenvalue weighted by atomic mass is 32.2. The van der Waals surface area contributed by atoms with Gasteiger partial charge in [-0.1, -0.05) is 26.0 Å². The van der Waals surface area contributed by atoms with E-state index in [-0.39, 0.29) is 22.9 Å². The lowest BCUT2D eigenvalue weighted by atomic mass is 10.2. The van der Waals surface area contributed by atoms with E-state index in [9.17, 15) is 8.42 Å². The molecule has 0 N–H and O–H groups in total. The Labute approximate surface area is 135 Å². The summed E-state index contributed by atoms with van der Waals surface area (Å²) in [6, 6.07) is 8.18. The largest absolute Gasteiger partial charge is 0.445 e. The van der Waals surface area contributed by atoms with Crippen LogP contribution in [0.15, 0.2) is 33.6 Å². The molecule has 0 amide bonds. The first-order chi connectivity index (χ1) is 10.9. The molecule has 1 aromatic heterocycles. The maximum Gasteiger partial charge on any atom is 0.244 e. The summed E-state index contributed by atoms with van der Waals surface area (Å²) in [4.78, 5) is 4.45. The molecule has 0 spiro atoms. The van der Waals surface area contributed by atoms with Crippen LogP contribution in [0.3, 0.4) is 0 Å². The smallest absolute Gasteiger partial charge is 0.244 e. The van der Waals surface area contributed by atoms with E-state index in [4.69, 9.17) is 9.68 Å². The summed E-state index contributed by atoms with van der Waals surface area (Å²) in [6.07, 6.45) is 0.489. The Hall–Kier alpha value is -2.17. The van der Waals surface area contributed by atoms with E-state index in [1.807, 2.05) is 19.9 Å². The van der Waals surface area contributed by atoms with E-state index in [0.29, 0.717) is 24.6 Å². The summed E-state index contributed by atoms with van der Waals surface area (Å²) in [7, 11) is -3.73. The molecule has 0 atom stereocenters. The third-order valence-electron chi connectivity index (χ3n) is 3.83. The van der Waals surface area contributed by atoms with E-state index in [1.54, 1.807) is 12.1 Å². The van der Waals surface area contributed by atoms with Crippen LogP contribution < -0.4 is 0 Å². The van der Waals surface area contributed by atoms with E-state index in [2.05, 4.69) is 4.98 Å². The van der Waals surface area contributed by atoms with Crippen LogP contribution in [-0.2, 0) is 23.0 Å². The highest BCUT2D eigenvalue weighted by molar-refractivity contribution is 7.89. The standard InChI is InChI=1S/C16H17N3O3S/c1-11(2)16-18-13-10-19(8-7-14(13)22-16)23(20,21)15-6-4-3-5-12(15)9-17/h3-6,11H,7-8,10H2,1-2H3. The first-order valence-electron chi connectivity index (χ1n) is 7.41. The molecule has 2 heterocycles. The van der Waals surface area contributed by atoms with E-state index in [0.717, 1.165) is 5.76 Å². The van der Waals surface area contributed by atoms with Gasteiger partial charge >= 0.3 is 0 Å². The molecule has 2 aromatic rings. The van der Waals surface area contributed by atoms with Crippen molar-refractivity contribution in [3.05, 3.63) is 47.2 Å². The third kappa shape index (κ3) is 2.76. The van der Waals surface area contributed by atoms with Crippen molar-refractivity contribution in [2.24, 2.45) is 0 Å². The fourth-order valence-electron chi connectivity index (χ4n) is 2.57. The number of hydrogen-bond acceptors (Lipinski definition) is 5. The highest BCUT2D eigenvalue weighted by Crippen LogP contribution is 2.28. The van der Waals surface area contributed by atoms with Gasteiger partial charge in [0.2, 0.25) is 10.0 Å². The molecular formula is C16H17N3O3S. The van der Waals surface area contributed by atoms with Crippen molar-refractivity contribution in [2.45, 2.75) is 37.6 Å². The molecule has 7 heteroatoms. The number of nitrogens with zero attached hydrogens (tertiary/aromatic N) is 3. The summed E-state index contributed by atoms with van der Waals surface area (Å²) < 4.78 is 32.7. The van der Waals surface area contributed by atoms with Crippen molar-refractivity contribution in [1.82, 2.24) is 9.29 Å². The van der Waals surface area contributed by atoms with Crippen molar-refractivity contribution in [1.29, 1.82) is 5.26 Å². The van der Waals surface area contributed by atoms with Crippen molar-refractivity contribution in [3.63, 3.8) is 0 Å². The van der Waals surface area contributed by atoms with Gasteiger partial charge in [0.05, 0.1) is 22.7 Å². The summed E-state index contributed by atoms with van der Waals surface area (Å²) in [5, 5.41) is 9.14. The van der Waals surface area contributed by atoms with Gasteiger partial charge in [0, 0.05) is 18.9 Å². The van der Waals surface area contributed by atoms with Crippen LogP contribution in [0.2, 0.25) is 0 Å². The molecule has 1 aromatic carbocycles. The molecule has 0 radical (unpaired) electrons. The Kier molecular flexibility index (Phi) is 3.96. The fraction of sp³-hybridized carbons (Fsp3) is 0.375. The second kappa shape index (κ2) is 5.80. The van der Waals surface area contributed by atoms with Gasteiger partial charge < -0.3 is 4.42 Å². The Morgan fingerprint density at radius 1 is 1.35 bits per heavy atom. The quantitative estimate of drug-likeness (QED) is 0.862. The maximum atomic E-state index is 12.8. The van der Waals surface area contributed by atoms with Crippen LogP contribution in [-0.4, -0.2) is 24.3 Å². The van der Waals surface area contributed by atoms with Crippen LogP contribution >= 0.6 is 0 Å². The number of sulfonamides is 1. The first kappa shape index (κ1) is 15.7. The van der Waals surface area contributed by atoms with Crippen molar-refractivity contribution < 1.29 is 12.8 Å². The predicted molar refractivity (Wildman–Crippen MR) is 83.0 cm³/mol. The van der Waals surface area contributed by atoms with Gasteiger partial charge in [0.15, 0.2) is 5.89 Å². The predicted octanol–water partition coefficient (Wildman–Crippen LogP) is 2.42. The second-order valence-electron chi connectivity index (χ2n) is 5.77. The fourth-order valence-corrected chi connectivity index (χ4v) is 4.11. The normalized spacial score (nSPS) is 15.4. The van der Waals surface area contributed by atoms with Crippen molar-refractivity contribution in [2.75, 3.05) is 6.54 Å². The lowest BCUT2D eigenvalue weighted by molar-refractivity contribution is 0.354. The molecule has 6 nitrogen and oxygen atoms in total. The lowest BCUT2D eigenvalue weighted by Crippen LogP contribution is -2.36. The molecule has 0 bridgehead atoms. The third-order valence-corrected chi connectivity index (χ3v) is 5.73. The van der Waals surface area contributed by atoms with Crippen LogP contribution in [0, 0.1) is 11.3 Å². The minimum Gasteiger partial charge on any atom is -0.445 e. The Morgan fingerprint density at radius 2 is 2.09 bits per heavy atom. The Balaban J connectivity index is 1.95. The molecule has 1 aliphatic heterocycles. The molecule has 120 valence electrons. The first-order valence-corrected chi connectivity index (χ1v) is 8.85. The van der Waals surface area contributed by atoms with Gasteiger partial charge in [-0.15, -0.1) is 0 Å². The minimum absolute atomic E-state index is 0.0403. The van der Waals surface area contributed by atoms with E-state index < -0.39 is 10.0 Å². The van der Waals surface area contributed by atoms with Crippen molar-refractivity contribution in [3.8, 4) is 6.07 Å². The lowest BCUT2D eigenvalue weighted by Gasteiger charge is -2.25. The molecule has 0 unspecified atom stereocenters. The van der Waals surface area contributed by atoms with Gasteiger partial charge in [0.1, 0.15) is 11.8 Å². The van der Waals surface area contributed by atoms with Crippen LogP contribution in [0.1, 0.15) is 42.7 Å². The molecule has 0 fully saturated rings. The number of nitriles is 1. The van der Waals surface area contributed by atoms with E-state index >= 15 is 0 Å². The maximum absolute atomic E-state index is 12.8. The molecular weight excluding hydrogens is 314 g/mol. The molecule has 0 aliphatic carbocycles. The topological polar surface area (TPSA) is 87.2 Å². The molecule has 0 saturated carbocycles. The van der Waals surface area contributed by atoms with Gasteiger partial charge in [0.25, 0.3) is 0 Å². The zero-order chi connectivity index (χ0) is 16.6. The number of hydrogen-bond donors (Lipinski definition) is 0. The summed E-state index contributed by atoms with van der Waals surface area (Å²) in [5.74, 6) is 1.55. The number of fused-ring (bicyclic) bond motifs is 1. The Bertz CT molecular complexity index is 878. The number of aromatic nitrogens is 1. The monoisotopic (exact) mass is 331 g/mol.